The van der Waals surface area contributed by atoms with E-state index in [1.54, 1.807) is 7.11 Å². The predicted molar refractivity (Wildman–Crippen MR) is 115 cm³/mol. The fraction of sp³-hybridized carbons (Fsp3) is 0.476. The van der Waals surface area contributed by atoms with Crippen LogP contribution in [0.1, 0.15) is 50.9 Å². The van der Waals surface area contributed by atoms with E-state index in [1.807, 2.05) is 26.0 Å². The number of hydrogen-bond donors (Lipinski definition) is 0. The van der Waals surface area contributed by atoms with E-state index in [-0.39, 0.29) is 6.01 Å². The van der Waals surface area contributed by atoms with E-state index in [9.17, 15) is 0 Å². The highest BCUT2D eigenvalue weighted by Gasteiger charge is 2.24. The molecule has 1 unspecified atom stereocenters. The molecule has 0 amide bonds. The number of methoxy groups -OCH3 is 1. The Kier molecular flexibility index (Phi) is 6.54. The van der Waals surface area contributed by atoms with Gasteiger partial charge in [-0.25, -0.2) is 0 Å². The van der Waals surface area contributed by atoms with Gasteiger partial charge in [-0.1, -0.05) is 19.1 Å². The molecule has 0 saturated carbocycles. The van der Waals surface area contributed by atoms with Crippen molar-refractivity contribution in [2.45, 2.75) is 52.5 Å². The van der Waals surface area contributed by atoms with Gasteiger partial charge in [0.25, 0.3) is 0 Å². The lowest BCUT2D eigenvalue weighted by atomic mass is 10.0. The van der Waals surface area contributed by atoms with Gasteiger partial charge in [-0.3, -0.25) is 0 Å². The van der Waals surface area contributed by atoms with Crippen molar-refractivity contribution in [2.75, 3.05) is 18.6 Å². The Bertz CT molecular complexity index is 872. The SMILES string of the molecule is C=C(C)c1cc(Br)c(Oc2nc(C)nc(N3CCCCC3CC)n2)c(OC)c1. The summed E-state index contributed by atoms with van der Waals surface area (Å²) in [6.45, 7) is 11.0. The van der Waals surface area contributed by atoms with Gasteiger partial charge < -0.3 is 14.4 Å². The molecule has 6 nitrogen and oxygen atoms in total. The maximum Gasteiger partial charge on any atom is 0.327 e. The van der Waals surface area contributed by atoms with E-state index in [4.69, 9.17) is 9.47 Å². The van der Waals surface area contributed by atoms with Gasteiger partial charge in [0.1, 0.15) is 5.82 Å². The van der Waals surface area contributed by atoms with Crippen LogP contribution in [0.15, 0.2) is 23.2 Å². The Labute approximate surface area is 175 Å². The summed E-state index contributed by atoms with van der Waals surface area (Å²) in [5.41, 5.74) is 1.92. The molecule has 0 spiro atoms. The molecule has 2 heterocycles. The molecule has 3 rings (SSSR count). The molecule has 150 valence electrons. The molecule has 1 saturated heterocycles. The molecule has 1 aromatic carbocycles. The van der Waals surface area contributed by atoms with Crippen LogP contribution in [0.25, 0.3) is 5.57 Å². The van der Waals surface area contributed by atoms with E-state index in [2.05, 4.69) is 49.3 Å². The third-order valence-corrected chi connectivity index (χ3v) is 5.57. The maximum atomic E-state index is 6.06. The average Bonchev–Trinajstić information content (AvgIpc) is 2.68. The molecular weight excluding hydrogens is 420 g/mol. The summed E-state index contributed by atoms with van der Waals surface area (Å²) in [5.74, 6) is 2.45. The summed E-state index contributed by atoms with van der Waals surface area (Å²) in [6, 6.07) is 4.58. The lowest BCUT2D eigenvalue weighted by Gasteiger charge is -2.35. The van der Waals surface area contributed by atoms with Crippen molar-refractivity contribution in [3.05, 3.63) is 34.6 Å². The first-order valence-electron chi connectivity index (χ1n) is 9.63. The Morgan fingerprint density at radius 2 is 2.07 bits per heavy atom. The van der Waals surface area contributed by atoms with E-state index < -0.39 is 0 Å². The first-order valence-corrected chi connectivity index (χ1v) is 10.4. The molecule has 0 N–H and O–H groups in total. The summed E-state index contributed by atoms with van der Waals surface area (Å²) in [4.78, 5) is 15.8. The van der Waals surface area contributed by atoms with E-state index >= 15 is 0 Å². The second-order valence-corrected chi connectivity index (χ2v) is 7.94. The third kappa shape index (κ3) is 4.46. The monoisotopic (exact) mass is 446 g/mol. The Hall–Kier alpha value is -2.15. The van der Waals surface area contributed by atoms with Gasteiger partial charge in [-0.05, 0) is 73.2 Å². The van der Waals surface area contributed by atoms with Crippen molar-refractivity contribution < 1.29 is 9.47 Å². The summed E-state index contributed by atoms with van der Waals surface area (Å²) in [7, 11) is 1.61. The smallest absolute Gasteiger partial charge is 0.327 e. The summed E-state index contributed by atoms with van der Waals surface area (Å²) in [5, 5.41) is 0. The zero-order valence-corrected chi connectivity index (χ0v) is 18.5. The van der Waals surface area contributed by atoms with E-state index in [0.717, 1.165) is 35.0 Å². The van der Waals surface area contributed by atoms with Crippen LogP contribution in [-0.2, 0) is 0 Å². The van der Waals surface area contributed by atoms with Gasteiger partial charge in [0.15, 0.2) is 11.5 Å². The predicted octanol–water partition coefficient (Wildman–Crippen LogP) is 5.55. The van der Waals surface area contributed by atoms with E-state index in [0.29, 0.717) is 29.3 Å². The van der Waals surface area contributed by atoms with Gasteiger partial charge in [0.05, 0.1) is 11.6 Å². The Balaban J connectivity index is 1.95. The zero-order valence-electron chi connectivity index (χ0n) is 17.0. The quantitative estimate of drug-likeness (QED) is 0.579. The van der Waals surface area contributed by atoms with Crippen LogP contribution in [-0.4, -0.2) is 34.6 Å². The van der Waals surface area contributed by atoms with Gasteiger partial charge in [0.2, 0.25) is 5.95 Å². The lowest BCUT2D eigenvalue weighted by Crippen LogP contribution is -2.40. The van der Waals surface area contributed by atoms with Crippen molar-refractivity contribution in [3.8, 4) is 17.5 Å². The number of rotatable bonds is 6. The normalized spacial score (nSPS) is 16.8. The second kappa shape index (κ2) is 8.90. The molecule has 1 atom stereocenters. The number of piperidine rings is 1. The summed E-state index contributed by atoms with van der Waals surface area (Å²) >= 11 is 3.57. The topological polar surface area (TPSA) is 60.4 Å². The fourth-order valence-electron chi connectivity index (χ4n) is 3.46. The molecular formula is C21H27BrN4O2. The zero-order chi connectivity index (χ0) is 20.3. The van der Waals surface area contributed by atoms with Crippen LogP contribution in [0.5, 0.6) is 17.5 Å². The summed E-state index contributed by atoms with van der Waals surface area (Å²) < 4.78 is 12.3. The fourth-order valence-corrected chi connectivity index (χ4v) is 3.99. The van der Waals surface area contributed by atoms with Crippen molar-refractivity contribution in [1.82, 2.24) is 15.0 Å². The number of nitrogens with zero attached hydrogens (tertiary/aromatic N) is 4. The van der Waals surface area contributed by atoms with Crippen molar-refractivity contribution >= 4 is 27.5 Å². The molecule has 0 bridgehead atoms. The van der Waals surface area contributed by atoms with Crippen LogP contribution in [0.2, 0.25) is 0 Å². The molecule has 2 aromatic rings. The van der Waals surface area contributed by atoms with Crippen LogP contribution in [0, 0.1) is 6.92 Å². The van der Waals surface area contributed by atoms with Gasteiger partial charge in [-0.2, -0.15) is 15.0 Å². The van der Waals surface area contributed by atoms with Crippen LogP contribution in [0.3, 0.4) is 0 Å². The standard InChI is InChI=1S/C21H27BrN4O2/c1-6-16-9-7-8-10-26(16)20-23-14(4)24-21(25-20)28-19-17(22)11-15(13(2)3)12-18(19)27-5/h11-12,16H,2,6-10H2,1,3-5H3. The van der Waals surface area contributed by atoms with Crippen molar-refractivity contribution in [1.29, 1.82) is 0 Å². The molecule has 1 fully saturated rings. The van der Waals surface area contributed by atoms with Crippen LogP contribution >= 0.6 is 15.9 Å². The number of anilines is 1. The molecule has 0 radical (unpaired) electrons. The molecule has 28 heavy (non-hydrogen) atoms. The van der Waals surface area contributed by atoms with Gasteiger partial charge in [-0.15, -0.1) is 0 Å². The number of halogens is 1. The minimum Gasteiger partial charge on any atom is -0.493 e. The minimum atomic E-state index is 0.269. The Morgan fingerprint density at radius 1 is 1.29 bits per heavy atom. The maximum absolute atomic E-state index is 6.06. The van der Waals surface area contributed by atoms with Crippen LogP contribution in [0.4, 0.5) is 5.95 Å². The van der Waals surface area contributed by atoms with Gasteiger partial charge in [0, 0.05) is 12.6 Å². The average molecular weight is 447 g/mol. The molecule has 1 aromatic heterocycles. The van der Waals surface area contributed by atoms with Crippen molar-refractivity contribution in [2.24, 2.45) is 0 Å². The highest BCUT2D eigenvalue weighted by molar-refractivity contribution is 9.10. The summed E-state index contributed by atoms with van der Waals surface area (Å²) in [6.07, 6.45) is 4.64. The molecule has 1 aliphatic rings. The lowest BCUT2D eigenvalue weighted by molar-refractivity contribution is 0.364. The highest BCUT2D eigenvalue weighted by Crippen LogP contribution is 2.40. The Morgan fingerprint density at radius 3 is 2.75 bits per heavy atom. The number of aromatic nitrogens is 3. The highest BCUT2D eigenvalue weighted by atomic mass is 79.9. The second-order valence-electron chi connectivity index (χ2n) is 7.09. The largest absolute Gasteiger partial charge is 0.493 e. The minimum absolute atomic E-state index is 0.269. The number of allylic oxidation sites excluding steroid dienone is 1. The molecule has 7 heteroatoms. The number of benzene rings is 1. The number of hydrogen-bond acceptors (Lipinski definition) is 6. The molecule has 1 aliphatic heterocycles. The number of ether oxygens (including phenoxy) is 2. The first kappa shape index (κ1) is 20.6. The number of aryl methyl sites for hydroxylation is 1. The first-order chi connectivity index (χ1) is 13.4. The molecule has 0 aliphatic carbocycles. The van der Waals surface area contributed by atoms with Crippen molar-refractivity contribution in [3.63, 3.8) is 0 Å². The van der Waals surface area contributed by atoms with Crippen LogP contribution < -0.4 is 14.4 Å². The van der Waals surface area contributed by atoms with E-state index in [1.165, 1.54) is 12.8 Å². The third-order valence-electron chi connectivity index (χ3n) is 4.99. The van der Waals surface area contributed by atoms with Gasteiger partial charge >= 0.3 is 6.01 Å².